The number of amides is 1. The topological polar surface area (TPSA) is 131 Å². The summed E-state index contributed by atoms with van der Waals surface area (Å²) in [6.07, 6.45) is 4.45. The van der Waals surface area contributed by atoms with Crippen molar-refractivity contribution >= 4 is 39.4 Å². The molecule has 41 heavy (non-hydrogen) atoms. The van der Waals surface area contributed by atoms with Crippen LogP contribution in [0.3, 0.4) is 0 Å². The fourth-order valence-electron chi connectivity index (χ4n) is 5.27. The van der Waals surface area contributed by atoms with Crippen LogP contribution in [0.25, 0.3) is 0 Å². The number of hydrogen-bond acceptors (Lipinski definition) is 8. The summed E-state index contributed by atoms with van der Waals surface area (Å²) in [7, 11) is -4.02. The maximum atomic E-state index is 13.6. The van der Waals surface area contributed by atoms with Crippen molar-refractivity contribution in [1.82, 2.24) is 9.97 Å². The number of alkyl halides is 2. The molecule has 1 aliphatic carbocycles. The Labute approximate surface area is 239 Å². The molecule has 13 heteroatoms. The second kappa shape index (κ2) is 12.3. The molecule has 2 heterocycles. The summed E-state index contributed by atoms with van der Waals surface area (Å²) in [6, 6.07) is 6.28. The number of carbonyl (C=O) groups is 2. The molecule has 1 aliphatic heterocycles. The monoisotopic (exact) mass is 593 g/mol. The molecule has 224 valence electrons. The Morgan fingerprint density at radius 3 is 2.44 bits per heavy atom. The molecule has 1 aromatic heterocycles. The van der Waals surface area contributed by atoms with Crippen LogP contribution in [0.5, 0.6) is 0 Å². The maximum Gasteiger partial charge on any atom is 0.323 e. The Morgan fingerprint density at radius 2 is 1.78 bits per heavy atom. The Bertz CT molecular complexity index is 1370. The fourth-order valence-corrected chi connectivity index (χ4v) is 6.22. The summed E-state index contributed by atoms with van der Waals surface area (Å²) < 4.78 is 59.5. The van der Waals surface area contributed by atoms with Crippen LogP contribution in [0.1, 0.15) is 81.1 Å². The highest BCUT2D eigenvalue weighted by Gasteiger charge is 2.35. The van der Waals surface area contributed by atoms with Gasteiger partial charge in [0.15, 0.2) is 5.75 Å². The Balaban J connectivity index is 1.56. The number of hydrogen-bond donors (Lipinski definition) is 2. The number of piperidine rings is 1. The van der Waals surface area contributed by atoms with Crippen LogP contribution < -0.4 is 14.9 Å². The van der Waals surface area contributed by atoms with Crippen molar-refractivity contribution in [3.05, 3.63) is 41.6 Å². The molecule has 0 spiro atoms. The highest BCUT2D eigenvalue weighted by Crippen LogP contribution is 2.44. The molecule has 2 fully saturated rings. The van der Waals surface area contributed by atoms with Crippen molar-refractivity contribution in [2.75, 3.05) is 40.4 Å². The molecule has 0 radical (unpaired) electrons. The van der Waals surface area contributed by atoms with Crippen molar-refractivity contribution in [2.24, 2.45) is 5.41 Å². The van der Waals surface area contributed by atoms with Crippen LogP contribution in [0.4, 0.5) is 26.2 Å². The number of benzene rings is 1. The van der Waals surface area contributed by atoms with E-state index in [9.17, 15) is 26.8 Å². The zero-order chi connectivity index (χ0) is 29.8. The molecule has 4 rings (SSSR count). The van der Waals surface area contributed by atoms with Gasteiger partial charge in [-0.3, -0.25) is 19.6 Å². The first-order chi connectivity index (χ1) is 19.3. The molecule has 0 atom stereocenters. The molecule has 1 aromatic carbocycles. The summed E-state index contributed by atoms with van der Waals surface area (Å²) in [5, 5.41) is 2.72. The van der Waals surface area contributed by atoms with E-state index in [1.807, 2.05) is 0 Å². The first kappa shape index (κ1) is 30.6. The number of rotatable bonds is 9. The van der Waals surface area contributed by atoms with Gasteiger partial charge in [-0.1, -0.05) is 13.8 Å². The number of carbonyl (C=O) groups excluding carboxylic acids is 2. The number of anilines is 3. The first-order valence-corrected chi connectivity index (χ1v) is 15.5. The zero-order valence-corrected chi connectivity index (χ0v) is 24.4. The van der Waals surface area contributed by atoms with Gasteiger partial charge in [0, 0.05) is 43.4 Å². The quantitative estimate of drug-likeness (QED) is 0.391. The summed E-state index contributed by atoms with van der Waals surface area (Å²) in [6.45, 7) is 6.35. The van der Waals surface area contributed by atoms with Gasteiger partial charge in [0.25, 0.3) is 11.8 Å². The van der Waals surface area contributed by atoms with E-state index < -0.39 is 33.6 Å². The number of nitrogens with one attached hydrogen (secondary N) is 2. The predicted molar refractivity (Wildman–Crippen MR) is 152 cm³/mol. The van der Waals surface area contributed by atoms with Crippen LogP contribution in [-0.2, 0) is 19.6 Å². The van der Waals surface area contributed by atoms with Crippen molar-refractivity contribution in [3.63, 3.8) is 0 Å². The maximum absolute atomic E-state index is 13.6. The lowest BCUT2D eigenvalue weighted by Crippen LogP contribution is -2.39. The van der Waals surface area contributed by atoms with E-state index >= 15 is 0 Å². The minimum Gasteiger partial charge on any atom is -0.465 e. The van der Waals surface area contributed by atoms with Gasteiger partial charge in [-0.25, -0.2) is 22.2 Å². The minimum atomic E-state index is -4.02. The lowest BCUT2D eigenvalue weighted by molar-refractivity contribution is -0.139. The Kier molecular flexibility index (Phi) is 9.15. The number of ether oxygens (including phenoxy) is 1. The average Bonchev–Trinajstić information content (AvgIpc) is 2.88. The van der Waals surface area contributed by atoms with Gasteiger partial charge in [0.05, 0.1) is 6.61 Å². The van der Waals surface area contributed by atoms with Gasteiger partial charge < -0.3 is 9.64 Å². The van der Waals surface area contributed by atoms with E-state index in [4.69, 9.17) is 4.74 Å². The van der Waals surface area contributed by atoms with Gasteiger partial charge >= 0.3 is 5.97 Å². The average molecular weight is 594 g/mol. The van der Waals surface area contributed by atoms with Gasteiger partial charge in [-0.15, -0.1) is 0 Å². The van der Waals surface area contributed by atoms with E-state index in [2.05, 4.69) is 33.9 Å². The van der Waals surface area contributed by atoms with E-state index in [1.54, 1.807) is 30.0 Å². The molecule has 1 amide bonds. The summed E-state index contributed by atoms with van der Waals surface area (Å²) in [5.74, 6) is -4.32. The lowest BCUT2D eigenvalue weighted by Gasteiger charge is -2.35. The second-order valence-electron chi connectivity index (χ2n) is 11.4. The summed E-state index contributed by atoms with van der Waals surface area (Å²) >= 11 is 0. The van der Waals surface area contributed by atoms with Crippen LogP contribution in [0.2, 0.25) is 0 Å². The highest BCUT2D eigenvalue weighted by molar-refractivity contribution is 7.93. The van der Waals surface area contributed by atoms with E-state index in [1.165, 1.54) is 12.3 Å². The van der Waals surface area contributed by atoms with E-state index in [0.29, 0.717) is 16.9 Å². The predicted octanol–water partition coefficient (Wildman–Crippen LogP) is 4.95. The first-order valence-electron chi connectivity index (χ1n) is 13.8. The molecule has 10 nitrogen and oxygen atoms in total. The zero-order valence-electron chi connectivity index (χ0n) is 23.6. The number of esters is 1. The van der Waals surface area contributed by atoms with E-state index in [-0.39, 0.29) is 55.5 Å². The van der Waals surface area contributed by atoms with Crippen LogP contribution >= 0.6 is 0 Å². The molecule has 2 aliphatic rings. The van der Waals surface area contributed by atoms with Crippen LogP contribution in [0, 0.1) is 5.41 Å². The Morgan fingerprint density at radius 1 is 1.10 bits per heavy atom. The molecule has 1 saturated heterocycles. The molecular formula is C28H37F2N5O5S. The second-order valence-corrected chi connectivity index (χ2v) is 13.2. The standard InChI is InChI=1S/C28H37F2N5O5S/c1-4-40-24(36)18-41(38,39)34-20-5-6-21(22(17-20)19-7-10-27(2,3)11-8-19)25(37)33-26-31-14-9-23(32-26)35-15-12-28(29,30)13-16-35/h5-6,9,14,17,19,34H,4,7-8,10-13,15-16,18H2,1-3H3,(H,31,32,33,37). The normalized spacial score (nSPS) is 18.9. The van der Waals surface area contributed by atoms with Crippen molar-refractivity contribution in [3.8, 4) is 0 Å². The molecule has 0 unspecified atom stereocenters. The summed E-state index contributed by atoms with van der Waals surface area (Å²) in [5.41, 5.74) is 1.45. The highest BCUT2D eigenvalue weighted by atomic mass is 32.2. The molecular weight excluding hydrogens is 556 g/mol. The smallest absolute Gasteiger partial charge is 0.323 e. The van der Waals surface area contributed by atoms with Gasteiger partial charge in [-0.2, -0.15) is 4.98 Å². The number of sulfonamides is 1. The van der Waals surface area contributed by atoms with Crippen molar-refractivity contribution in [1.29, 1.82) is 0 Å². The summed E-state index contributed by atoms with van der Waals surface area (Å²) in [4.78, 5) is 35.5. The number of nitrogens with zero attached hydrogens (tertiary/aromatic N) is 3. The van der Waals surface area contributed by atoms with Gasteiger partial charge in [-0.05, 0) is 73.8 Å². The molecule has 1 saturated carbocycles. The van der Waals surface area contributed by atoms with Crippen LogP contribution in [0.15, 0.2) is 30.5 Å². The lowest BCUT2D eigenvalue weighted by atomic mass is 9.70. The fraction of sp³-hybridized carbons (Fsp3) is 0.571. The van der Waals surface area contributed by atoms with E-state index in [0.717, 1.165) is 25.7 Å². The molecule has 0 bridgehead atoms. The number of aromatic nitrogens is 2. The number of halogens is 2. The van der Waals surface area contributed by atoms with Crippen LogP contribution in [-0.4, -0.2) is 61.6 Å². The SMILES string of the molecule is CCOC(=O)CS(=O)(=O)Nc1ccc(C(=O)Nc2nccc(N3CCC(F)(F)CC3)n2)c(C2CCC(C)(C)CC2)c1. The molecule has 2 aromatic rings. The third-order valence-electron chi connectivity index (χ3n) is 7.65. The third-order valence-corrected chi connectivity index (χ3v) is 8.81. The van der Waals surface area contributed by atoms with Gasteiger partial charge in [0.1, 0.15) is 5.82 Å². The minimum absolute atomic E-state index is 0.0144. The largest absolute Gasteiger partial charge is 0.465 e. The molecule has 2 N–H and O–H groups in total. The third kappa shape index (κ3) is 8.34. The van der Waals surface area contributed by atoms with Crippen molar-refractivity contribution < 1.29 is 31.5 Å². The Hall–Kier alpha value is -3.35. The van der Waals surface area contributed by atoms with Gasteiger partial charge in [0.2, 0.25) is 16.0 Å². The van der Waals surface area contributed by atoms with Crippen molar-refractivity contribution in [2.45, 2.75) is 71.1 Å².